The van der Waals surface area contributed by atoms with E-state index in [0.29, 0.717) is 5.69 Å². The van der Waals surface area contributed by atoms with E-state index in [1.807, 2.05) is 0 Å². The Bertz CT molecular complexity index is 1000. The van der Waals surface area contributed by atoms with Crippen molar-refractivity contribution in [1.29, 1.82) is 0 Å². The Kier molecular flexibility index (Phi) is 5.58. The smallest absolute Gasteiger partial charge is 0.316 e. The first-order valence-corrected chi connectivity index (χ1v) is 8.76. The molecule has 1 aliphatic heterocycles. The van der Waals surface area contributed by atoms with Gasteiger partial charge in [0.1, 0.15) is 11.5 Å². The van der Waals surface area contributed by atoms with Crippen molar-refractivity contribution in [2.45, 2.75) is 13.3 Å². The highest BCUT2D eigenvalue weighted by atomic mass is 16.6. The zero-order valence-corrected chi connectivity index (χ0v) is 15.8. The van der Waals surface area contributed by atoms with Crippen LogP contribution in [-0.2, 0) is 9.59 Å². The zero-order valence-electron chi connectivity index (χ0n) is 15.8. The van der Waals surface area contributed by atoms with Crippen LogP contribution in [0.2, 0.25) is 0 Å². The third-order valence-electron chi connectivity index (χ3n) is 4.60. The van der Waals surface area contributed by atoms with Crippen LogP contribution in [-0.4, -0.2) is 36.2 Å². The van der Waals surface area contributed by atoms with Gasteiger partial charge in [-0.3, -0.25) is 24.5 Å². The van der Waals surface area contributed by atoms with Gasteiger partial charge in [-0.25, -0.2) is 0 Å². The number of amides is 1. The second-order valence-corrected chi connectivity index (χ2v) is 6.49. The van der Waals surface area contributed by atoms with E-state index < -0.39 is 16.8 Å². The molecule has 9 nitrogen and oxygen atoms in total. The van der Waals surface area contributed by atoms with E-state index in [2.05, 4.69) is 0 Å². The molecule has 1 atom stereocenters. The second-order valence-electron chi connectivity index (χ2n) is 6.49. The average Bonchev–Trinajstić information content (AvgIpc) is 3.09. The van der Waals surface area contributed by atoms with Crippen molar-refractivity contribution in [3.05, 3.63) is 58.1 Å². The Morgan fingerprint density at radius 1 is 1.17 bits per heavy atom. The molecule has 1 aliphatic rings. The summed E-state index contributed by atoms with van der Waals surface area (Å²) in [6.45, 7) is 1.41. The maximum Gasteiger partial charge on any atom is 0.316 e. The molecule has 2 aromatic rings. The van der Waals surface area contributed by atoms with Crippen LogP contribution < -0.4 is 14.4 Å². The Balaban J connectivity index is 1.80. The minimum Gasteiger partial charge on any atom is -0.494 e. The highest BCUT2D eigenvalue weighted by molar-refractivity contribution is 6.01. The summed E-state index contributed by atoms with van der Waals surface area (Å²) in [5.74, 6) is -1.66. The van der Waals surface area contributed by atoms with Gasteiger partial charge in [-0.2, -0.15) is 0 Å². The quantitative estimate of drug-likeness (QED) is 0.241. The fourth-order valence-corrected chi connectivity index (χ4v) is 3.14. The summed E-state index contributed by atoms with van der Waals surface area (Å²) in [5.41, 5.74) is 0.440. The van der Waals surface area contributed by atoms with Crippen molar-refractivity contribution < 1.29 is 28.8 Å². The first kappa shape index (κ1) is 20.0. The number of nitrogens with zero attached hydrogens (tertiary/aromatic N) is 2. The lowest BCUT2D eigenvalue weighted by Crippen LogP contribution is -2.27. The number of carbonyl (C=O) groups excluding carboxylic acids is 3. The minimum absolute atomic E-state index is 0.0358. The molecule has 3 rings (SSSR count). The average molecular weight is 398 g/mol. The van der Waals surface area contributed by atoms with Crippen LogP contribution in [0.25, 0.3) is 0 Å². The number of ether oxygens (including phenoxy) is 2. The molecule has 9 heteroatoms. The monoisotopic (exact) mass is 398 g/mol. The Labute approximate surface area is 166 Å². The minimum atomic E-state index is -0.748. The second kappa shape index (κ2) is 8.09. The van der Waals surface area contributed by atoms with Crippen molar-refractivity contribution in [3.63, 3.8) is 0 Å². The molecule has 2 aromatic carbocycles. The summed E-state index contributed by atoms with van der Waals surface area (Å²) in [5, 5.41) is 10.9. The molecule has 0 bridgehead atoms. The van der Waals surface area contributed by atoms with E-state index in [4.69, 9.17) is 9.47 Å². The van der Waals surface area contributed by atoms with Gasteiger partial charge >= 0.3 is 5.97 Å². The number of para-hydroxylation sites is 1. The highest BCUT2D eigenvalue weighted by Gasteiger charge is 2.38. The van der Waals surface area contributed by atoms with Gasteiger partial charge in [0.15, 0.2) is 5.78 Å². The number of rotatable bonds is 6. The molecule has 0 N–H and O–H groups in total. The summed E-state index contributed by atoms with van der Waals surface area (Å²) in [6.07, 6.45) is -0.0821. The molecule has 0 spiro atoms. The SMILES string of the molecule is COc1cc([N+](=O)[O-])ccc1N1C[C@H](C(=O)Oc2ccccc2C(C)=O)CC1=O. The van der Waals surface area contributed by atoms with Crippen LogP contribution >= 0.6 is 0 Å². The van der Waals surface area contributed by atoms with Crippen LogP contribution in [0, 0.1) is 16.0 Å². The van der Waals surface area contributed by atoms with Gasteiger partial charge in [-0.15, -0.1) is 0 Å². The molecule has 1 amide bonds. The van der Waals surface area contributed by atoms with Crippen molar-refractivity contribution in [3.8, 4) is 11.5 Å². The number of hydrogen-bond donors (Lipinski definition) is 0. The van der Waals surface area contributed by atoms with Crippen LogP contribution in [0.1, 0.15) is 23.7 Å². The number of Topliss-reactive ketones (excluding diaryl/α,β-unsaturated/α-hetero) is 1. The zero-order chi connectivity index (χ0) is 21.1. The number of nitro benzene ring substituents is 1. The molecule has 1 saturated heterocycles. The van der Waals surface area contributed by atoms with Crippen molar-refractivity contribution in [1.82, 2.24) is 0 Å². The molecule has 29 heavy (non-hydrogen) atoms. The topological polar surface area (TPSA) is 116 Å². The number of anilines is 1. The van der Waals surface area contributed by atoms with E-state index >= 15 is 0 Å². The van der Waals surface area contributed by atoms with Gasteiger partial charge in [0.25, 0.3) is 5.69 Å². The summed E-state index contributed by atoms with van der Waals surface area (Å²) < 4.78 is 10.5. The lowest BCUT2D eigenvalue weighted by atomic mass is 10.1. The molecular weight excluding hydrogens is 380 g/mol. The lowest BCUT2D eigenvalue weighted by Gasteiger charge is -2.19. The number of carbonyl (C=O) groups is 3. The number of benzene rings is 2. The Morgan fingerprint density at radius 2 is 1.90 bits per heavy atom. The fourth-order valence-electron chi connectivity index (χ4n) is 3.14. The molecule has 0 unspecified atom stereocenters. The number of methoxy groups -OCH3 is 1. The number of hydrogen-bond acceptors (Lipinski definition) is 7. The van der Waals surface area contributed by atoms with Gasteiger partial charge in [0.2, 0.25) is 5.91 Å². The van der Waals surface area contributed by atoms with Crippen LogP contribution in [0.3, 0.4) is 0 Å². The molecule has 0 aliphatic carbocycles. The molecule has 0 radical (unpaired) electrons. The third-order valence-corrected chi connectivity index (χ3v) is 4.60. The molecule has 1 fully saturated rings. The molecule has 0 saturated carbocycles. The van der Waals surface area contributed by atoms with E-state index in [9.17, 15) is 24.5 Å². The maximum absolute atomic E-state index is 12.6. The maximum atomic E-state index is 12.6. The van der Waals surface area contributed by atoms with Crippen LogP contribution in [0.4, 0.5) is 11.4 Å². The number of non-ortho nitro benzene ring substituents is 1. The van der Waals surface area contributed by atoms with Gasteiger partial charge in [0, 0.05) is 19.0 Å². The van der Waals surface area contributed by atoms with Gasteiger partial charge in [-0.05, 0) is 25.1 Å². The fraction of sp³-hybridized carbons (Fsp3) is 0.250. The number of ketones is 1. The number of nitro groups is 1. The van der Waals surface area contributed by atoms with Crippen molar-refractivity contribution >= 4 is 29.0 Å². The predicted octanol–water partition coefficient (Wildman–Crippen LogP) is 2.76. The standard InChI is InChI=1S/C20H18N2O7/c1-12(23)15-5-3-4-6-17(15)29-20(25)13-9-19(24)21(11-13)16-8-7-14(22(26)27)10-18(16)28-2/h3-8,10,13H,9,11H2,1-2H3/t13-/m1/s1. The van der Waals surface area contributed by atoms with Crippen LogP contribution in [0.5, 0.6) is 11.5 Å². The van der Waals surface area contributed by atoms with Crippen LogP contribution in [0.15, 0.2) is 42.5 Å². The van der Waals surface area contributed by atoms with Gasteiger partial charge in [-0.1, -0.05) is 12.1 Å². The predicted molar refractivity (Wildman–Crippen MR) is 102 cm³/mol. The summed E-state index contributed by atoms with van der Waals surface area (Å²) in [6, 6.07) is 10.3. The Morgan fingerprint density at radius 3 is 2.55 bits per heavy atom. The van der Waals surface area contributed by atoms with E-state index in [1.54, 1.807) is 18.2 Å². The van der Waals surface area contributed by atoms with Crippen molar-refractivity contribution in [2.75, 3.05) is 18.6 Å². The first-order valence-electron chi connectivity index (χ1n) is 8.76. The third kappa shape index (κ3) is 4.08. The van der Waals surface area contributed by atoms with E-state index in [-0.39, 0.29) is 47.4 Å². The van der Waals surface area contributed by atoms with Gasteiger partial charge in [0.05, 0.1) is 35.3 Å². The van der Waals surface area contributed by atoms with Gasteiger partial charge < -0.3 is 14.4 Å². The summed E-state index contributed by atoms with van der Waals surface area (Å²) in [7, 11) is 1.34. The van der Waals surface area contributed by atoms with E-state index in [0.717, 1.165) is 0 Å². The Hall–Kier alpha value is -3.75. The lowest BCUT2D eigenvalue weighted by molar-refractivity contribution is -0.384. The number of esters is 1. The first-order chi connectivity index (χ1) is 13.8. The largest absolute Gasteiger partial charge is 0.494 e. The normalized spacial score (nSPS) is 15.9. The van der Waals surface area contributed by atoms with Crippen molar-refractivity contribution in [2.24, 2.45) is 5.92 Å². The highest BCUT2D eigenvalue weighted by Crippen LogP contribution is 2.36. The summed E-state index contributed by atoms with van der Waals surface area (Å²) >= 11 is 0. The summed E-state index contributed by atoms with van der Waals surface area (Å²) in [4.78, 5) is 48.5. The molecule has 1 heterocycles. The molecular formula is C20H18N2O7. The molecule has 0 aromatic heterocycles. The molecule has 150 valence electrons. The van der Waals surface area contributed by atoms with E-state index in [1.165, 1.54) is 43.2 Å².